The summed E-state index contributed by atoms with van der Waals surface area (Å²) in [5.41, 5.74) is 2.39. The topological polar surface area (TPSA) is 142 Å². The fourth-order valence-electron chi connectivity index (χ4n) is 5.87. The Morgan fingerprint density at radius 1 is 0.898 bits per heavy atom. The zero-order valence-electron chi connectivity index (χ0n) is 26.5. The molecule has 15 heteroatoms. The van der Waals surface area contributed by atoms with E-state index in [4.69, 9.17) is 27.9 Å². The summed E-state index contributed by atoms with van der Waals surface area (Å²) in [5.74, 6) is -0.985. The predicted octanol–water partition coefficient (Wildman–Crippen LogP) is 5.28. The molecular weight excluding hydrogens is 677 g/mol. The first-order chi connectivity index (χ1) is 23.7. The zero-order valence-corrected chi connectivity index (χ0v) is 28.0. The predicted molar refractivity (Wildman–Crippen MR) is 183 cm³/mol. The average molecular weight is 712 g/mol. The van der Waals surface area contributed by atoms with Crippen LogP contribution in [0.2, 0.25) is 10.0 Å². The third-order valence-electron chi connectivity index (χ3n) is 8.44. The summed E-state index contributed by atoms with van der Waals surface area (Å²) < 4.78 is 36.4. The van der Waals surface area contributed by atoms with Gasteiger partial charge in [0, 0.05) is 86.3 Å². The number of rotatable bonds is 13. The van der Waals surface area contributed by atoms with Gasteiger partial charge < -0.3 is 31.3 Å². The third-order valence-corrected chi connectivity index (χ3v) is 9.22. The number of halogens is 4. The summed E-state index contributed by atoms with van der Waals surface area (Å²) in [6.45, 7) is 1.40. The van der Waals surface area contributed by atoms with Crippen molar-refractivity contribution < 1.29 is 23.1 Å². The van der Waals surface area contributed by atoms with E-state index in [0.29, 0.717) is 54.0 Å². The summed E-state index contributed by atoms with van der Waals surface area (Å²) in [6.07, 6.45) is 5.44. The highest BCUT2D eigenvalue weighted by molar-refractivity contribution is 6.39. The van der Waals surface area contributed by atoms with Crippen molar-refractivity contribution in [2.24, 2.45) is 0 Å². The van der Waals surface area contributed by atoms with Crippen molar-refractivity contribution in [3.63, 3.8) is 0 Å². The Balaban J connectivity index is 1.19. The van der Waals surface area contributed by atoms with Gasteiger partial charge in [0.15, 0.2) is 11.6 Å². The van der Waals surface area contributed by atoms with Crippen molar-refractivity contribution in [3.05, 3.63) is 81.6 Å². The van der Waals surface area contributed by atoms with Crippen molar-refractivity contribution in [2.75, 3.05) is 25.5 Å². The number of carbonyl (C=O) groups is 2. The number of nitrogens with one attached hydrogen (secondary N) is 5. The first-order valence-corrected chi connectivity index (χ1v) is 16.5. The number of aromatic nitrogens is 3. The van der Waals surface area contributed by atoms with Crippen LogP contribution in [0.5, 0.6) is 5.88 Å². The minimum Gasteiger partial charge on any atom is -0.481 e. The van der Waals surface area contributed by atoms with Crippen LogP contribution in [0.4, 0.5) is 20.3 Å². The Morgan fingerprint density at radius 3 is 2.27 bits per heavy atom. The maximum atomic E-state index is 15.5. The van der Waals surface area contributed by atoms with E-state index in [1.807, 2.05) is 0 Å². The van der Waals surface area contributed by atoms with Crippen LogP contribution in [0.15, 0.2) is 48.8 Å². The van der Waals surface area contributed by atoms with Gasteiger partial charge in [-0.25, -0.2) is 18.7 Å². The molecule has 2 fully saturated rings. The molecule has 0 bridgehead atoms. The standard InChI is InChI=1S/C34H34Cl2F2N8O3/c1-49-34-23(17-40-16-20-6-8-28(48)44-20)24(37)13-26(46-34)21-10-12-41-32(30(21)36)22-3-2-4-25(29(22)35)45-33-31(38)18(9-11-42-33)14-39-15-19-5-7-27(47)43-19/h2-4,9-13,19-20,39-40H,5-8,14-17H2,1H3,(H,42,45)(H,43,47)(H,44,48). The molecule has 0 saturated carbocycles. The van der Waals surface area contributed by atoms with Gasteiger partial charge in [0.1, 0.15) is 5.82 Å². The summed E-state index contributed by atoms with van der Waals surface area (Å²) in [4.78, 5) is 36.1. The van der Waals surface area contributed by atoms with Gasteiger partial charge in [-0.05, 0) is 31.0 Å². The second kappa shape index (κ2) is 15.4. The van der Waals surface area contributed by atoms with E-state index >= 15 is 8.78 Å². The number of benzene rings is 1. The quantitative estimate of drug-likeness (QED) is 0.125. The lowest BCUT2D eigenvalue weighted by Gasteiger charge is -2.16. The highest BCUT2D eigenvalue weighted by Gasteiger charge is 2.23. The fourth-order valence-corrected chi connectivity index (χ4v) is 6.45. The molecule has 0 aliphatic carbocycles. The molecule has 5 heterocycles. The number of carbonyl (C=O) groups excluding carboxylic acids is 2. The molecule has 2 unspecified atom stereocenters. The molecule has 0 radical (unpaired) electrons. The molecule has 6 rings (SSSR count). The van der Waals surface area contributed by atoms with Crippen molar-refractivity contribution in [3.8, 4) is 28.4 Å². The molecule has 2 amide bonds. The number of ether oxygens (including phenoxy) is 1. The van der Waals surface area contributed by atoms with E-state index in [1.54, 1.807) is 30.3 Å². The Labute approximate surface area is 291 Å². The normalized spacial score (nSPS) is 17.2. The molecule has 5 N–H and O–H groups in total. The molecule has 2 aliphatic rings. The van der Waals surface area contributed by atoms with Gasteiger partial charge in [-0.3, -0.25) is 14.6 Å². The van der Waals surface area contributed by atoms with Gasteiger partial charge in [0.2, 0.25) is 17.7 Å². The zero-order chi connectivity index (χ0) is 34.5. The van der Waals surface area contributed by atoms with Crippen LogP contribution < -0.4 is 31.3 Å². The van der Waals surface area contributed by atoms with E-state index in [1.165, 1.54) is 25.6 Å². The van der Waals surface area contributed by atoms with E-state index in [2.05, 4.69) is 41.5 Å². The Kier molecular flexibility index (Phi) is 10.8. The van der Waals surface area contributed by atoms with E-state index in [9.17, 15) is 9.59 Å². The van der Waals surface area contributed by atoms with Crippen molar-refractivity contribution >= 4 is 46.5 Å². The van der Waals surface area contributed by atoms with Crippen LogP contribution in [-0.4, -0.2) is 59.0 Å². The van der Waals surface area contributed by atoms with Gasteiger partial charge >= 0.3 is 0 Å². The molecular formula is C34H34Cl2F2N8O3. The average Bonchev–Trinajstić information content (AvgIpc) is 3.71. The van der Waals surface area contributed by atoms with Crippen LogP contribution in [0.1, 0.15) is 36.8 Å². The van der Waals surface area contributed by atoms with Gasteiger partial charge in [-0.15, -0.1) is 0 Å². The maximum absolute atomic E-state index is 15.5. The Hall–Kier alpha value is -4.43. The molecule has 2 saturated heterocycles. The smallest absolute Gasteiger partial charge is 0.221 e. The largest absolute Gasteiger partial charge is 0.481 e. The van der Waals surface area contributed by atoms with E-state index in [0.717, 1.165) is 12.8 Å². The monoisotopic (exact) mass is 710 g/mol. The maximum Gasteiger partial charge on any atom is 0.221 e. The molecule has 0 spiro atoms. The van der Waals surface area contributed by atoms with Gasteiger partial charge in [0.05, 0.1) is 39.8 Å². The van der Waals surface area contributed by atoms with Crippen LogP contribution in [0.3, 0.4) is 0 Å². The molecule has 256 valence electrons. The number of hydrogen-bond donors (Lipinski definition) is 5. The number of methoxy groups -OCH3 is 1. The third kappa shape index (κ3) is 7.91. The minimum atomic E-state index is -0.545. The van der Waals surface area contributed by atoms with Crippen LogP contribution in [0.25, 0.3) is 22.5 Å². The molecule has 2 atom stereocenters. The number of nitrogens with zero attached hydrogens (tertiary/aromatic N) is 3. The second-order valence-electron chi connectivity index (χ2n) is 11.8. The highest BCUT2D eigenvalue weighted by atomic mass is 35.5. The van der Waals surface area contributed by atoms with Crippen LogP contribution in [0, 0.1) is 11.6 Å². The Morgan fingerprint density at radius 2 is 1.59 bits per heavy atom. The first kappa shape index (κ1) is 34.4. The summed E-state index contributed by atoms with van der Waals surface area (Å²) in [6, 6.07) is 9.59. The SMILES string of the molecule is COc1nc(-c2ccnc(-c3cccc(Nc4nccc(CNCC5CCC(=O)N5)c4F)c3Cl)c2Cl)cc(F)c1CNCC1CCC(=O)N1. The lowest BCUT2D eigenvalue weighted by atomic mass is 10.0. The number of hydrogen-bond acceptors (Lipinski definition) is 9. The van der Waals surface area contributed by atoms with Crippen molar-refractivity contribution in [2.45, 2.75) is 50.9 Å². The van der Waals surface area contributed by atoms with Crippen molar-refractivity contribution in [1.82, 2.24) is 36.2 Å². The Bertz CT molecular complexity index is 1880. The lowest BCUT2D eigenvalue weighted by molar-refractivity contribution is -0.120. The number of pyridine rings is 3. The molecule has 1 aromatic carbocycles. The van der Waals surface area contributed by atoms with Gasteiger partial charge in [-0.1, -0.05) is 35.3 Å². The van der Waals surface area contributed by atoms with Gasteiger partial charge in [0.25, 0.3) is 0 Å². The van der Waals surface area contributed by atoms with E-state index < -0.39 is 11.6 Å². The van der Waals surface area contributed by atoms with Gasteiger partial charge in [-0.2, -0.15) is 0 Å². The fraction of sp³-hybridized carbons (Fsp3) is 0.324. The summed E-state index contributed by atoms with van der Waals surface area (Å²) >= 11 is 13.7. The number of anilines is 2. The molecule has 3 aromatic heterocycles. The molecule has 4 aromatic rings. The first-order valence-electron chi connectivity index (χ1n) is 15.8. The van der Waals surface area contributed by atoms with Crippen LogP contribution in [-0.2, 0) is 22.7 Å². The highest BCUT2D eigenvalue weighted by Crippen LogP contribution is 2.41. The second-order valence-corrected chi connectivity index (χ2v) is 12.5. The van der Waals surface area contributed by atoms with Crippen molar-refractivity contribution in [1.29, 1.82) is 0 Å². The molecule has 11 nitrogen and oxygen atoms in total. The number of amides is 2. The van der Waals surface area contributed by atoms with Crippen LogP contribution >= 0.6 is 23.2 Å². The summed E-state index contributed by atoms with van der Waals surface area (Å²) in [5, 5.41) is 15.5. The van der Waals surface area contributed by atoms with E-state index in [-0.39, 0.29) is 70.0 Å². The summed E-state index contributed by atoms with van der Waals surface area (Å²) in [7, 11) is 1.41. The molecule has 2 aliphatic heterocycles. The lowest BCUT2D eigenvalue weighted by Crippen LogP contribution is -2.35. The minimum absolute atomic E-state index is 0.00758. The molecule has 49 heavy (non-hydrogen) atoms.